The molecule has 0 bridgehead atoms. The van der Waals surface area contributed by atoms with E-state index in [0.717, 1.165) is 44.1 Å². The maximum Gasteiger partial charge on any atom is 0.144 e. The van der Waals surface area contributed by atoms with Crippen LogP contribution in [-0.4, -0.2) is 9.97 Å². The number of nitrogens with zero attached hydrogens (tertiary/aromatic N) is 2. The molecule has 2 heterocycles. The zero-order valence-electron chi connectivity index (χ0n) is 16.9. The van der Waals surface area contributed by atoms with Crippen LogP contribution < -0.4 is 0 Å². The van der Waals surface area contributed by atoms with Gasteiger partial charge in [0, 0.05) is 27.1 Å². The van der Waals surface area contributed by atoms with Crippen LogP contribution in [0.25, 0.3) is 54.9 Å². The molecule has 3 heteroatoms. The van der Waals surface area contributed by atoms with Crippen molar-refractivity contribution in [1.29, 1.82) is 0 Å². The van der Waals surface area contributed by atoms with Gasteiger partial charge in [-0.15, -0.1) is 0 Å². The fourth-order valence-corrected chi connectivity index (χ4v) is 4.56. The molecule has 0 amide bonds. The van der Waals surface area contributed by atoms with Gasteiger partial charge in [-0.25, -0.2) is 9.97 Å². The smallest absolute Gasteiger partial charge is 0.144 e. The molecule has 6 rings (SSSR count). The molecule has 6 aromatic rings. The summed E-state index contributed by atoms with van der Waals surface area (Å²) < 4.78 is 6.28. The zero-order valence-corrected chi connectivity index (χ0v) is 16.9. The third-order valence-corrected chi connectivity index (χ3v) is 5.96. The molecule has 0 radical (unpaired) electrons. The first-order valence-electron chi connectivity index (χ1n) is 10.3. The quantitative estimate of drug-likeness (QED) is 0.289. The number of hydrogen-bond donors (Lipinski definition) is 0. The average molecular weight is 388 g/mol. The molecule has 144 valence electrons. The predicted octanol–water partition coefficient (Wildman–Crippen LogP) is 7.47. The maximum atomic E-state index is 6.28. The van der Waals surface area contributed by atoms with Gasteiger partial charge in [0.05, 0.1) is 11.2 Å². The van der Waals surface area contributed by atoms with Crippen LogP contribution in [0.15, 0.2) is 83.5 Å². The van der Waals surface area contributed by atoms with Crippen molar-refractivity contribution in [1.82, 2.24) is 9.97 Å². The number of hydrogen-bond acceptors (Lipinski definition) is 3. The molecule has 0 atom stereocenters. The molecule has 0 saturated carbocycles. The minimum Gasteiger partial charge on any atom is -0.455 e. The van der Waals surface area contributed by atoms with Gasteiger partial charge in [0.25, 0.3) is 0 Å². The van der Waals surface area contributed by atoms with E-state index in [0.29, 0.717) is 5.92 Å². The van der Waals surface area contributed by atoms with Gasteiger partial charge in [-0.2, -0.15) is 0 Å². The summed E-state index contributed by atoms with van der Waals surface area (Å²) in [6, 6.07) is 25.2. The van der Waals surface area contributed by atoms with Crippen LogP contribution in [0, 0.1) is 0 Å². The maximum absolute atomic E-state index is 6.28. The standard InChI is InChI=1S/C27H20N2O/c1-16(2)18-9-5-7-17-13-14-21-25(28-15-29-26(21)24(17)18)22-11-6-10-20-19-8-3-4-12-23(19)30-27(20)22/h3-16H,1-2H3. The molecule has 2 aromatic heterocycles. The highest BCUT2D eigenvalue weighted by Crippen LogP contribution is 2.39. The van der Waals surface area contributed by atoms with Crippen LogP contribution in [0.5, 0.6) is 0 Å². The Kier molecular flexibility index (Phi) is 3.66. The fraction of sp³-hybridized carbons (Fsp3) is 0.111. The molecule has 4 aromatic carbocycles. The van der Waals surface area contributed by atoms with Crippen molar-refractivity contribution in [3.63, 3.8) is 0 Å². The number of para-hydroxylation sites is 2. The van der Waals surface area contributed by atoms with Gasteiger partial charge in [-0.3, -0.25) is 0 Å². The van der Waals surface area contributed by atoms with E-state index in [1.807, 2.05) is 18.2 Å². The predicted molar refractivity (Wildman–Crippen MR) is 124 cm³/mol. The molecule has 0 aliphatic heterocycles. The van der Waals surface area contributed by atoms with Gasteiger partial charge in [-0.05, 0) is 35.1 Å². The second-order valence-electron chi connectivity index (χ2n) is 8.06. The Labute approximate surface area is 174 Å². The van der Waals surface area contributed by atoms with E-state index < -0.39 is 0 Å². The normalized spacial score (nSPS) is 12.0. The van der Waals surface area contributed by atoms with E-state index in [2.05, 4.69) is 68.4 Å². The highest BCUT2D eigenvalue weighted by atomic mass is 16.3. The lowest BCUT2D eigenvalue weighted by Gasteiger charge is -2.13. The Morgan fingerprint density at radius 3 is 2.47 bits per heavy atom. The van der Waals surface area contributed by atoms with Gasteiger partial charge >= 0.3 is 0 Å². The molecule has 0 fully saturated rings. The van der Waals surface area contributed by atoms with Crippen molar-refractivity contribution in [2.75, 3.05) is 0 Å². The van der Waals surface area contributed by atoms with Crippen molar-refractivity contribution in [3.05, 3.63) is 84.7 Å². The van der Waals surface area contributed by atoms with Gasteiger partial charge < -0.3 is 4.42 Å². The fourth-order valence-electron chi connectivity index (χ4n) is 4.56. The lowest BCUT2D eigenvalue weighted by atomic mass is 9.93. The molecule has 0 N–H and O–H groups in total. The molecular formula is C27H20N2O. The molecule has 0 unspecified atom stereocenters. The average Bonchev–Trinajstić information content (AvgIpc) is 3.17. The summed E-state index contributed by atoms with van der Waals surface area (Å²) in [5.74, 6) is 0.413. The highest BCUT2D eigenvalue weighted by Gasteiger charge is 2.17. The van der Waals surface area contributed by atoms with Crippen molar-refractivity contribution in [3.8, 4) is 11.3 Å². The number of rotatable bonds is 2. The minimum absolute atomic E-state index is 0.413. The SMILES string of the molecule is CC(C)c1cccc2ccc3c(-c4cccc5c4oc4ccccc45)ncnc3c12. The van der Waals surface area contributed by atoms with Gasteiger partial charge in [-0.1, -0.05) is 68.4 Å². The molecule has 0 saturated heterocycles. The highest BCUT2D eigenvalue weighted by molar-refractivity contribution is 6.14. The molecular weight excluding hydrogens is 368 g/mol. The number of benzene rings is 4. The second-order valence-corrected chi connectivity index (χ2v) is 8.06. The van der Waals surface area contributed by atoms with Crippen molar-refractivity contribution in [2.24, 2.45) is 0 Å². The van der Waals surface area contributed by atoms with Crippen LogP contribution >= 0.6 is 0 Å². The summed E-state index contributed by atoms with van der Waals surface area (Å²) in [4.78, 5) is 9.43. The van der Waals surface area contributed by atoms with Gasteiger partial charge in [0.2, 0.25) is 0 Å². The summed E-state index contributed by atoms with van der Waals surface area (Å²) in [7, 11) is 0. The lowest BCUT2D eigenvalue weighted by molar-refractivity contribution is 0.670. The Balaban J connectivity index is 1.73. The first-order chi connectivity index (χ1) is 14.7. The number of fused-ring (bicyclic) bond motifs is 6. The van der Waals surface area contributed by atoms with Crippen LogP contribution in [-0.2, 0) is 0 Å². The lowest BCUT2D eigenvalue weighted by Crippen LogP contribution is -1.94. The summed E-state index contributed by atoms with van der Waals surface area (Å²) in [6.07, 6.45) is 1.68. The molecule has 30 heavy (non-hydrogen) atoms. The van der Waals surface area contributed by atoms with Crippen LogP contribution in [0.3, 0.4) is 0 Å². The molecule has 3 nitrogen and oxygen atoms in total. The van der Waals surface area contributed by atoms with Gasteiger partial charge in [0.1, 0.15) is 17.5 Å². The molecule has 0 aliphatic carbocycles. The van der Waals surface area contributed by atoms with E-state index in [1.54, 1.807) is 6.33 Å². The summed E-state index contributed by atoms with van der Waals surface area (Å²) >= 11 is 0. The Bertz CT molecular complexity index is 1580. The molecule has 0 aliphatic rings. The van der Waals surface area contributed by atoms with Crippen molar-refractivity contribution >= 4 is 43.6 Å². The Morgan fingerprint density at radius 1 is 0.733 bits per heavy atom. The second kappa shape index (κ2) is 6.39. The third kappa shape index (κ3) is 2.38. The van der Waals surface area contributed by atoms with Crippen molar-refractivity contribution in [2.45, 2.75) is 19.8 Å². The minimum atomic E-state index is 0.413. The summed E-state index contributed by atoms with van der Waals surface area (Å²) in [5.41, 5.74) is 5.98. The van der Waals surface area contributed by atoms with E-state index in [1.165, 1.54) is 16.3 Å². The third-order valence-electron chi connectivity index (χ3n) is 5.96. The Hall–Kier alpha value is -3.72. The van der Waals surface area contributed by atoms with E-state index in [9.17, 15) is 0 Å². The van der Waals surface area contributed by atoms with E-state index in [4.69, 9.17) is 14.4 Å². The van der Waals surface area contributed by atoms with E-state index >= 15 is 0 Å². The van der Waals surface area contributed by atoms with E-state index in [-0.39, 0.29) is 0 Å². The monoisotopic (exact) mass is 388 g/mol. The van der Waals surface area contributed by atoms with Gasteiger partial charge in [0.15, 0.2) is 0 Å². The van der Waals surface area contributed by atoms with Crippen LogP contribution in [0.1, 0.15) is 25.3 Å². The number of aromatic nitrogens is 2. The summed E-state index contributed by atoms with van der Waals surface area (Å²) in [6.45, 7) is 4.45. The topological polar surface area (TPSA) is 38.9 Å². The summed E-state index contributed by atoms with van der Waals surface area (Å²) in [5, 5.41) is 5.70. The van der Waals surface area contributed by atoms with Crippen LogP contribution in [0.2, 0.25) is 0 Å². The van der Waals surface area contributed by atoms with Crippen LogP contribution in [0.4, 0.5) is 0 Å². The first kappa shape index (κ1) is 17.2. The Morgan fingerprint density at radius 2 is 1.57 bits per heavy atom. The van der Waals surface area contributed by atoms with Crippen molar-refractivity contribution < 1.29 is 4.42 Å². The molecule has 0 spiro atoms. The zero-order chi connectivity index (χ0) is 20.2. The number of furan rings is 1. The first-order valence-corrected chi connectivity index (χ1v) is 10.3. The largest absolute Gasteiger partial charge is 0.455 e.